The summed E-state index contributed by atoms with van der Waals surface area (Å²) in [5.74, 6) is -0.145. The first kappa shape index (κ1) is 19.4. The number of rotatable bonds is 4. The molecule has 0 unspecified atom stereocenters. The van der Waals surface area contributed by atoms with Gasteiger partial charge in [0.2, 0.25) is 10.0 Å². The number of anilines is 1. The van der Waals surface area contributed by atoms with Crippen molar-refractivity contribution in [1.29, 1.82) is 0 Å². The number of nitrogens with zero attached hydrogens (tertiary/aromatic N) is 1. The maximum absolute atomic E-state index is 12.6. The Kier molecular flexibility index (Phi) is 5.29. The molecule has 0 fully saturated rings. The molecular formula is C21H26N2O3S. The van der Waals surface area contributed by atoms with E-state index in [1.807, 2.05) is 6.07 Å². The van der Waals surface area contributed by atoms with Gasteiger partial charge in [0.15, 0.2) is 0 Å². The number of nitrogens with one attached hydrogen (secondary N) is 1. The predicted octanol–water partition coefficient (Wildman–Crippen LogP) is 3.25. The number of carbonyl (C=O) groups is 1. The highest BCUT2D eigenvalue weighted by atomic mass is 32.2. The van der Waals surface area contributed by atoms with Crippen molar-refractivity contribution in [3.63, 3.8) is 0 Å². The van der Waals surface area contributed by atoms with Crippen LogP contribution < -0.4 is 9.62 Å². The summed E-state index contributed by atoms with van der Waals surface area (Å²) in [6.07, 6.45) is 2.75. The van der Waals surface area contributed by atoms with Gasteiger partial charge in [-0.3, -0.25) is 9.10 Å². The van der Waals surface area contributed by atoms with Crippen LogP contribution in [0.5, 0.6) is 0 Å². The number of carbonyl (C=O) groups excluding carboxylic acids is 1. The first-order valence-electron chi connectivity index (χ1n) is 9.12. The zero-order valence-electron chi connectivity index (χ0n) is 16.3. The quantitative estimate of drug-likeness (QED) is 0.877. The van der Waals surface area contributed by atoms with Crippen LogP contribution >= 0.6 is 0 Å². The molecule has 5 nitrogen and oxygen atoms in total. The van der Waals surface area contributed by atoms with Crippen LogP contribution in [-0.4, -0.2) is 27.1 Å². The van der Waals surface area contributed by atoms with Gasteiger partial charge in [-0.15, -0.1) is 0 Å². The Morgan fingerprint density at radius 2 is 1.78 bits per heavy atom. The number of aryl methyl sites for hydroxylation is 4. The molecule has 3 rings (SSSR count). The number of hydrogen-bond donors (Lipinski definition) is 1. The van der Waals surface area contributed by atoms with Crippen molar-refractivity contribution in [2.75, 3.05) is 17.1 Å². The summed E-state index contributed by atoms with van der Waals surface area (Å²) < 4.78 is 25.3. The molecule has 0 aromatic heterocycles. The van der Waals surface area contributed by atoms with Crippen LogP contribution in [0.3, 0.4) is 0 Å². The lowest BCUT2D eigenvalue weighted by Gasteiger charge is -2.29. The van der Waals surface area contributed by atoms with Gasteiger partial charge in [-0.25, -0.2) is 8.42 Å². The summed E-state index contributed by atoms with van der Waals surface area (Å²) in [5, 5.41) is 2.99. The average Bonchev–Trinajstić information content (AvgIpc) is 2.58. The second-order valence-electron chi connectivity index (χ2n) is 7.34. The molecule has 1 heterocycles. The fraction of sp³-hybridized carbons (Fsp3) is 0.381. The van der Waals surface area contributed by atoms with E-state index in [1.54, 1.807) is 12.1 Å². The Bertz CT molecular complexity index is 973. The zero-order valence-corrected chi connectivity index (χ0v) is 17.1. The third-order valence-corrected chi connectivity index (χ3v) is 6.26. The van der Waals surface area contributed by atoms with E-state index in [4.69, 9.17) is 0 Å². The molecule has 144 valence electrons. The van der Waals surface area contributed by atoms with Crippen LogP contribution in [0.4, 0.5) is 5.69 Å². The van der Waals surface area contributed by atoms with E-state index in [0.29, 0.717) is 24.3 Å². The minimum Gasteiger partial charge on any atom is -0.348 e. The highest BCUT2D eigenvalue weighted by Crippen LogP contribution is 2.30. The fourth-order valence-electron chi connectivity index (χ4n) is 3.81. The van der Waals surface area contributed by atoms with Crippen LogP contribution in [0.1, 0.15) is 44.6 Å². The predicted molar refractivity (Wildman–Crippen MR) is 109 cm³/mol. The molecule has 0 bridgehead atoms. The Hall–Kier alpha value is -2.34. The monoisotopic (exact) mass is 386 g/mol. The summed E-state index contributed by atoms with van der Waals surface area (Å²) >= 11 is 0. The van der Waals surface area contributed by atoms with Crippen LogP contribution in [0, 0.1) is 20.8 Å². The summed E-state index contributed by atoms with van der Waals surface area (Å²) in [5.41, 5.74) is 6.84. The molecule has 0 saturated heterocycles. The molecule has 0 atom stereocenters. The van der Waals surface area contributed by atoms with E-state index in [2.05, 4.69) is 38.2 Å². The molecule has 27 heavy (non-hydrogen) atoms. The summed E-state index contributed by atoms with van der Waals surface area (Å²) in [6, 6.07) is 9.50. The van der Waals surface area contributed by atoms with Crippen molar-refractivity contribution in [3.05, 3.63) is 63.7 Å². The minimum absolute atomic E-state index is 0.145. The number of hydrogen-bond acceptors (Lipinski definition) is 3. The second-order valence-corrected chi connectivity index (χ2v) is 9.25. The van der Waals surface area contributed by atoms with Gasteiger partial charge in [-0.1, -0.05) is 17.7 Å². The van der Waals surface area contributed by atoms with E-state index in [1.165, 1.54) is 27.3 Å². The molecule has 0 spiro atoms. The van der Waals surface area contributed by atoms with E-state index in [9.17, 15) is 13.2 Å². The van der Waals surface area contributed by atoms with Gasteiger partial charge in [0.1, 0.15) is 0 Å². The lowest BCUT2D eigenvalue weighted by atomic mass is 9.99. The standard InChI is InChI=1S/C21H26N2O3S/c1-14-10-15(2)19(16(3)11-14)13-22-21(24)18-7-8-20-17(12-18)6-5-9-23(20)27(4,25)26/h7-8,10-12H,5-6,9,13H2,1-4H3,(H,22,24). The van der Waals surface area contributed by atoms with Crippen molar-refractivity contribution >= 4 is 21.6 Å². The smallest absolute Gasteiger partial charge is 0.251 e. The molecule has 1 N–H and O–H groups in total. The molecule has 1 amide bonds. The Morgan fingerprint density at radius 1 is 1.11 bits per heavy atom. The van der Waals surface area contributed by atoms with Crippen molar-refractivity contribution in [2.45, 2.75) is 40.2 Å². The van der Waals surface area contributed by atoms with Crippen LogP contribution in [0.2, 0.25) is 0 Å². The Balaban J connectivity index is 1.79. The lowest BCUT2D eigenvalue weighted by Crippen LogP contribution is -2.34. The molecule has 0 saturated carbocycles. The number of sulfonamides is 1. The number of fused-ring (bicyclic) bond motifs is 1. The fourth-order valence-corrected chi connectivity index (χ4v) is 4.80. The summed E-state index contributed by atoms with van der Waals surface area (Å²) in [4.78, 5) is 12.6. The third-order valence-electron chi connectivity index (χ3n) is 5.08. The molecule has 6 heteroatoms. The SMILES string of the molecule is Cc1cc(C)c(CNC(=O)c2ccc3c(c2)CCCN3S(C)(=O)=O)c(C)c1. The van der Waals surface area contributed by atoms with Crippen molar-refractivity contribution in [1.82, 2.24) is 5.32 Å². The molecule has 2 aromatic rings. The van der Waals surface area contributed by atoms with Crippen molar-refractivity contribution in [2.24, 2.45) is 0 Å². The van der Waals surface area contributed by atoms with Crippen LogP contribution in [0.15, 0.2) is 30.3 Å². The van der Waals surface area contributed by atoms with Gasteiger partial charge >= 0.3 is 0 Å². The topological polar surface area (TPSA) is 66.5 Å². The van der Waals surface area contributed by atoms with Gasteiger partial charge in [-0.05, 0) is 74.1 Å². The Labute approximate surface area is 161 Å². The van der Waals surface area contributed by atoms with Gasteiger partial charge in [0, 0.05) is 18.7 Å². The van der Waals surface area contributed by atoms with Gasteiger partial charge < -0.3 is 5.32 Å². The van der Waals surface area contributed by atoms with Crippen molar-refractivity contribution < 1.29 is 13.2 Å². The normalized spacial score (nSPS) is 14.0. The van der Waals surface area contributed by atoms with Gasteiger partial charge in [0.05, 0.1) is 11.9 Å². The highest BCUT2D eigenvalue weighted by Gasteiger charge is 2.24. The van der Waals surface area contributed by atoms with E-state index >= 15 is 0 Å². The second kappa shape index (κ2) is 7.35. The third kappa shape index (κ3) is 4.16. The molecule has 1 aliphatic rings. The first-order chi connectivity index (χ1) is 12.7. The van der Waals surface area contributed by atoms with Crippen LogP contribution in [-0.2, 0) is 23.0 Å². The summed E-state index contributed by atoms with van der Waals surface area (Å²) in [6.45, 7) is 7.14. The average molecular weight is 387 g/mol. The lowest BCUT2D eigenvalue weighted by molar-refractivity contribution is 0.0950. The maximum atomic E-state index is 12.6. The maximum Gasteiger partial charge on any atom is 0.251 e. The molecular weight excluding hydrogens is 360 g/mol. The first-order valence-corrected chi connectivity index (χ1v) is 11.0. The minimum atomic E-state index is -3.30. The van der Waals surface area contributed by atoms with E-state index < -0.39 is 10.0 Å². The van der Waals surface area contributed by atoms with Crippen molar-refractivity contribution in [3.8, 4) is 0 Å². The number of benzene rings is 2. The Morgan fingerprint density at radius 3 is 2.41 bits per heavy atom. The van der Waals surface area contributed by atoms with Gasteiger partial charge in [0.25, 0.3) is 5.91 Å². The molecule has 1 aliphatic heterocycles. The van der Waals surface area contributed by atoms with E-state index in [0.717, 1.165) is 24.0 Å². The largest absolute Gasteiger partial charge is 0.348 e. The zero-order chi connectivity index (χ0) is 19.8. The summed E-state index contributed by atoms with van der Waals surface area (Å²) in [7, 11) is -3.30. The van der Waals surface area contributed by atoms with Crippen LogP contribution in [0.25, 0.3) is 0 Å². The van der Waals surface area contributed by atoms with E-state index in [-0.39, 0.29) is 5.91 Å². The molecule has 0 aliphatic carbocycles. The molecule has 2 aromatic carbocycles. The highest BCUT2D eigenvalue weighted by molar-refractivity contribution is 7.92. The number of amides is 1. The molecule has 0 radical (unpaired) electrons. The van der Waals surface area contributed by atoms with Gasteiger partial charge in [-0.2, -0.15) is 0 Å².